The molecule has 36 heteroatoms. The number of anilines is 2. The SMILES string of the molecule is Brc1ccc2nncn2c1.C.C.CC1(C)OB(B2OC(C)(C)C(C)(C)O2)OC1(C)C.Nc1nc(-c2ccc(F)cc2)c(-c2ccc3nncn3c2)c2nc(Cc3ncccc3F)nn12.Nc1nc(-c2ccc(F)cc2)c(Br)c2nc(Cc3ncccc3F)nn12.OB(O)c1ccc2nncn2c1. The number of nitrogen functional groups attached to an aromatic ring is 2. The molecule has 0 unspecified atom stereocenters. The van der Waals surface area contributed by atoms with E-state index < -0.39 is 32.8 Å². The highest BCUT2D eigenvalue weighted by Gasteiger charge is 2.63. The zero-order chi connectivity index (χ0) is 71.0. The molecule has 2 aliphatic rings. The number of nitrogens with two attached hydrogens (primary N) is 2. The van der Waals surface area contributed by atoms with Crippen LogP contribution in [-0.2, 0) is 31.5 Å². The molecule has 0 spiro atoms. The Morgan fingerprint density at radius 3 is 1.36 bits per heavy atom. The minimum absolute atomic E-state index is 0. The molecule has 0 atom stereocenters. The van der Waals surface area contributed by atoms with Gasteiger partial charge in [-0.15, -0.1) is 40.8 Å². The number of nitrogens with zero attached hydrogens (tertiary/aromatic N) is 19. The van der Waals surface area contributed by atoms with Gasteiger partial charge in [-0.3, -0.25) is 23.2 Å². The maximum absolute atomic E-state index is 14.2. The number of halogens is 6. The van der Waals surface area contributed by atoms with Crippen molar-refractivity contribution in [2.75, 3.05) is 11.5 Å². The number of hydrogen-bond acceptors (Lipinski definition) is 22. The minimum atomic E-state index is -1.45. The van der Waals surface area contributed by atoms with Gasteiger partial charge in [0.05, 0.1) is 68.1 Å². The second-order valence-corrected chi connectivity index (χ2v) is 26.4. The number of rotatable bonds is 9. The van der Waals surface area contributed by atoms with Crippen molar-refractivity contribution in [2.45, 2.75) is 105 Å². The molecule has 102 heavy (non-hydrogen) atoms. The Bertz CT molecular complexity index is 5220. The fourth-order valence-corrected chi connectivity index (χ4v) is 11.1. The Hall–Kier alpha value is -10.1. The fourth-order valence-electron chi connectivity index (χ4n) is 10.2. The van der Waals surface area contributed by atoms with Crippen molar-refractivity contribution in [3.63, 3.8) is 0 Å². The van der Waals surface area contributed by atoms with Gasteiger partial charge in [-0.1, -0.05) is 20.9 Å². The third-order valence-corrected chi connectivity index (χ3v) is 18.0. The molecule has 0 amide bonds. The molecular weight excluding hydrogens is 1450 g/mol. The van der Waals surface area contributed by atoms with E-state index in [-0.39, 0.29) is 85.0 Å². The van der Waals surface area contributed by atoms with Crippen LogP contribution in [0.15, 0.2) is 168 Å². The van der Waals surface area contributed by atoms with E-state index in [1.165, 1.54) is 76.3 Å². The molecule has 2 fully saturated rings. The summed E-state index contributed by atoms with van der Waals surface area (Å²) in [5.74, 6) is -0.705. The van der Waals surface area contributed by atoms with E-state index in [1.807, 2.05) is 96.4 Å². The number of aromatic nitrogens is 19. The average Bonchev–Trinajstić information content (AvgIpc) is 1.59. The first kappa shape index (κ1) is 74.6. The summed E-state index contributed by atoms with van der Waals surface area (Å²) in [4.78, 5) is 26.1. The van der Waals surface area contributed by atoms with Gasteiger partial charge in [0.1, 0.15) is 42.3 Å². The standard InChI is InChI=1S/C23H15F2N9.C17H11BrF2N6.C12H24B2O4.C6H6BN3O2.C6H4BrN3.2CH4/c24-15-6-3-13(4-7-15)21-20(14-5-8-19-31-28-12-33(19)11-14)22-29-18(32-34(22)23(26)30-21)10-17-16(25)2-1-9-27-17;18-14-15(9-3-5-10(19)6-4-9)24-17(21)26-16(14)23-13(25-26)8-12-11(20)2-1-7-22-12;1-9(2)10(3,4)16-13(15-9)14-17-11(5,6)12(7,8)18-14;11-7(12)5-1-2-6-9-8-4-10(6)3-5;7-5-1-2-6-9-8-4-10(6)3-5;;/h1-9,11-12H,10H2,(H2,26,30);1-7H,8H2,(H2,21,24);1-8H3;1-4,11-12H;1-4H;2*1H4. The first-order valence-corrected chi connectivity index (χ1v) is 32.3. The number of fused-ring (bicyclic) bond motifs is 5. The molecule has 14 aromatic rings. The van der Waals surface area contributed by atoms with Gasteiger partial charge in [-0.05, 0) is 196 Å². The second-order valence-electron chi connectivity index (χ2n) is 24.7. The molecule has 14 heterocycles. The highest BCUT2D eigenvalue weighted by molar-refractivity contribution is 9.11. The number of hydrogen-bond donors (Lipinski definition) is 4. The zero-order valence-corrected chi connectivity index (χ0v) is 57.8. The van der Waals surface area contributed by atoms with Gasteiger partial charge in [0, 0.05) is 52.1 Å². The molecule has 0 aliphatic carbocycles. The van der Waals surface area contributed by atoms with Crippen molar-refractivity contribution in [1.29, 1.82) is 0 Å². The topological polar surface area (TPSA) is 332 Å². The molecule has 12 aromatic heterocycles. The molecule has 2 aromatic carbocycles. The van der Waals surface area contributed by atoms with E-state index in [1.54, 1.807) is 64.1 Å². The van der Waals surface area contributed by atoms with Crippen molar-refractivity contribution < 1.29 is 46.2 Å². The monoisotopic (exact) mass is 1520 g/mol. The van der Waals surface area contributed by atoms with Gasteiger partial charge in [0.2, 0.25) is 11.9 Å². The normalized spacial score (nSPS) is 14.6. The lowest BCUT2D eigenvalue weighted by Crippen LogP contribution is -2.41. The predicted molar refractivity (Wildman–Crippen MR) is 384 cm³/mol. The van der Waals surface area contributed by atoms with E-state index in [0.717, 1.165) is 15.7 Å². The summed E-state index contributed by atoms with van der Waals surface area (Å²) in [7, 11) is -2.40. The van der Waals surface area contributed by atoms with E-state index in [9.17, 15) is 17.6 Å². The molecule has 27 nitrogen and oxygen atoms in total. The van der Waals surface area contributed by atoms with Crippen molar-refractivity contribution in [2.24, 2.45) is 0 Å². The second kappa shape index (κ2) is 30.2. The predicted octanol–water partition coefficient (Wildman–Crippen LogP) is 10.2. The van der Waals surface area contributed by atoms with Crippen molar-refractivity contribution in [3.8, 4) is 33.6 Å². The summed E-state index contributed by atoms with van der Waals surface area (Å²) in [6.45, 7) is 16.2. The lowest BCUT2D eigenvalue weighted by Gasteiger charge is -2.32. The Labute approximate surface area is 599 Å². The van der Waals surface area contributed by atoms with Crippen LogP contribution in [0.5, 0.6) is 0 Å². The minimum Gasteiger partial charge on any atom is -0.423 e. The Morgan fingerprint density at radius 1 is 0.490 bits per heavy atom. The van der Waals surface area contributed by atoms with Crippen LogP contribution in [0, 0.1) is 23.3 Å². The maximum atomic E-state index is 14.2. The average molecular weight is 1520 g/mol. The summed E-state index contributed by atoms with van der Waals surface area (Å²) in [6.07, 6.45) is 13.3. The molecule has 0 saturated carbocycles. The fraction of sp³-hybridized carbons (Fsp3) is 0.242. The van der Waals surface area contributed by atoms with Crippen LogP contribution in [0.2, 0.25) is 0 Å². The largest absolute Gasteiger partial charge is 0.489 e. The molecular formula is C66H68B3Br2F4N21O6. The molecule has 16 rings (SSSR count). The molecule has 2 saturated heterocycles. The lowest BCUT2D eigenvalue weighted by molar-refractivity contribution is 0.00578. The van der Waals surface area contributed by atoms with E-state index in [0.29, 0.717) is 72.3 Å². The van der Waals surface area contributed by atoms with Crippen LogP contribution in [0.4, 0.5) is 29.5 Å². The van der Waals surface area contributed by atoms with Crippen molar-refractivity contribution >= 4 is 98.6 Å². The van der Waals surface area contributed by atoms with Crippen molar-refractivity contribution in [3.05, 3.63) is 214 Å². The van der Waals surface area contributed by atoms with E-state index >= 15 is 0 Å². The number of pyridine rings is 5. The molecule has 524 valence electrons. The summed E-state index contributed by atoms with van der Waals surface area (Å²) in [5.41, 5.74) is 18.4. The third-order valence-electron chi connectivity index (χ3n) is 16.8. The van der Waals surface area contributed by atoms with Gasteiger partial charge in [0.25, 0.3) is 0 Å². The summed E-state index contributed by atoms with van der Waals surface area (Å²) < 4.78 is 88.2. The summed E-state index contributed by atoms with van der Waals surface area (Å²) in [6, 6.07) is 28.3. The van der Waals surface area contributed by atoms with Gasteiger partial charge >= 0.3 is 21.1 Å². The van der Waals surface area contributed by atoms with Crippen LogP contribution in [0.1, 0.15) is 93.3 Å². The van der Waals surface area contributed by atoms with Crippen LogP contribution < -0.4 is 16.9 Å². The van der Waals surface area contributed by atoms with Gasteiger partial charge in [0.15, 0.2) is 39.9 Å². The Balaban J connectivity index is 0.000000146. The summed E-state index contributed by atoms with van der Waals surface area (Å²) in [5, 5.41) is 49.3. The highest BCUT2D eigenvalue weighted by atomic mass is 79.9. The Morgan fingerprint density at radius 2 is 0.892 bits per heavy atom. The van der Waals surface area contributed by atoms with E-state index in [2.05, 4.69) is 103 Å². The van der Waals surface area contributed by atoms with Crippen molar-refractivity contribution in [1.82, 2.24) is 92.9 Å². The van der Waals surface area contributed by atoms with Gasteiger partial charge < -0.3 is 40.1 Å². The third kappa shape index (κ3) is 16.0. The first-order chi connectivity index (χ1) is 47.6. The number of benzene rings is 2. The molecule has 0 radical (unpaired) electrons. The molecule has 6 N–H and O–H groups in total. The van der Waals surface area contributed by atoms with Crippen LogP contribution in [0.3, 0.4) is 0 Å². The van der Waals surface area contributed by atoms with Gasteiger partial charge in [-0.25, -0.2) is 37.5 Å². The lowest BCUT2D eigenvalue weighted by atomic mass is 9.49. The van der Waals surface area contributed by atoms with Crippen LogP contribution >= 0.6 is 31.9 Å². The Kier molecular flexibility index (Phi) is 22.1. The van der Waals surface area contributed by atoms with Crippen LogP contribution in [-0.4, -0.2) is 147 Å². The molecule has 2 aliphatic heterocycles. The smallest absolute Gasteiger partial charge is 0.423 e. The van der Waals surface area contributed by atoms with Crippen LogP contribution in [0.25, 0.3) is 61.9 Å². The van der Waals surface area contributed by atoms with E-state index in [4.69, 9.17) is 40.1 Å². The first-order valence-electron chi connectivity index (χ1n) is 30.7. The molecule has 0 bridgehead atoms. The maximum Gasteiger partial charge on any atom is 0.489 e. The highest BCUT2D eigenvalue weighted by Crippen LogP contribution is 2.43. The zero-order valence-electron chi connectivity index (χ0n) is 54.6. The van der Waals surface area contributed by atoms with Gasteiger partial charge in [-0.2, -0.15) is 9.03 Å². The quantitative estimate of drug-likeness (QED) is 0.0771. The summed E-state index contributed by atoms with van der Waals surface area (Å²) >= 11 is 6.80.